The van der Waals surface area contributed by atoms with E-state index in [0.717, 1.165) is 11.3 Å². The molecule has 5 heterocycles. The lowest BCUT2D eigenvalue weighted by molar-refractivity contribution is -0.215. The molecule has 1 aromatic carbocycles. The van der Waals surface area contributed by atoms with Crippen LogP contribution in [0.2, 0.25) is 0 Å². The van der Waals surface area contributed by atoms with Crippen LogP contribution in [0.3, 0.4) is 0 Å². The van der Waals surface area contributed by atoms with Crippen molar-refractivity contribution in [3.63, 3.8) is 0 Å². The van der Waals surface area contributed by atoms with E-state index in [-0.39, 0.29) is 11.1 Å². The highest BCUT2D eigenvalue weighted by molar-refractivity contribution is 8.05. The van der Waals surface area contributed by atoms with Crippen molar-refractivity contribution in [2.75, 3.05) is 19.7 Å². The van der Waals surface area contributed by atoms with E-state index >= 15 is 0 Å². The fourth-order valence-corrected chi connectivity index (χ4v) is 7.36. The summed E-state index contributed by atoms with van der Waals surface area (Å²) in [7, 11) is 0. The largest absolute Gasteiger partial charge is 0.367 e. The van der Waals surface area contributed by atoms with Crippen molar-refractivity contribution >= 4 is 23.4 Å². The molecule has 0 N–H and O–H groups in total. The van der Waals surface area contributed by atoms with E-state index in [9.17, 15) is 13.2 Å². The first-order valence-electron chi connectivity index (χ1n) is 11.9. The molecule has 2 unspecified atom stereocenters. The molecule has 0 saturated carbocycles. The number of para-hydroxylation sites is 1. The van der Waals surface area contributed by atoms with E-state index in [1.165, 1.54) is 23.9 Å². The fraction of sp³-hybridized carbons (Fsp3) is 0.440. The smallest absolute Gasteiger partial charge is 0.278 e. The van der Waals surface area contributed by atoms with Gasteiger partial charge < -0.3 is 9.30 Å². The molecular weight excluding hydrogens is 511 g/mol. The van der Waals surface area contributed by atoms with Crippen LogP contribution in [0.5, 0.6) is 0 Å². The van der Waals surface area contributed by atoms with E-state index in [4.69, 9.17) is 16.3 Å². The number of aryl methyl sites for hydroxylation is 1. The van der Waals surface area contributed by atoms with Crippen molar-refractivity contribution in [1.82, 2.24) is 24.2 Å². The highest BCUT2D eigenvalue weighted by Crippen LogP contribution is 2.56. The van der Waals surface area contributed by atoms with E-state index in [2.05, 4.69) is 15.0 Å². The summed E-state index contributed by atoms with van der Waals surface area (Å²) in [5, 5.41) is 4.24. The summed E-state index contributed by atoms with van der Waals surface area (Å²) in [6.45, 7) is 3.39. The number of aromatic nitrogens is 4. The molecule has 11 heteroatoms. The molecule has 2 fully saturated rings. The second kappa shape index (κ2) is 8.93. The predicted molar refractivity (Wildman–Crippen MR) is 132 cm³/mol. The number of fused-ring (bicyclic) bond motifs is 2. The zero-order valence-corrected chi connectivity index (χ0v) is 21.2. The molecule has 3 aliphatic heterocycles. The average molecular weight is 536 g/mol. The number of hydrogen-bond acceptors (Lipinski definition) is 5. The molecule has 0 aliphatic carbocycles. The number of thioether (sulfide) groups is 1. The normalized spacial score (nSPS) is 25.2. The van der Waals surface area contributed by atoms with Gasteiger partial charge in [0.2, 0.25) is 0 Å². The van der Waals surface area contributed by atoms with Crippen molar-refractivity contribution in [3.05, 3.63) is 70.6 Å². The summed E-state index contributed by atoms with van der Waals surface area (Å²) in [5.41, 5.74) is 2.19. The summed E-state index contributed by atoms with van der Waals surface area (Å²) in [6.07, 6.45) is 9.71. The molecule has 36 heavy (non-hydrogen) atoms. The van der Waals surface area contributed by atoms with Gasteiger partial charge in [0, 0.05) is 43.8 Å². The van der Waals surface area contributed by atoms with Crippen LogP contribution in [0.25, 0.3) is 11.4 Å². The number of piperidine rings is 1. The number of benzene rings is 1. The average Bonchev–Trinajstić information content (AvgIpc) is 3.59. The fourth-order valence-electron chi connectivity index (χ4n) is 5.52. The Morgan fingerprint density at radius 3 is 2.81 bits per heavy atom. The molecule has 190 valence electrons. The standard InChI is InChI=1S/C25H25ClF3N5OS/c1-16-17(13-34(31-16)22-19(27)3-2-4-20(22)33-10-7-30-15-33)12-32-8-5-24(6-9-32)23-18(11-21(26)36-23)25(28,29)14-35-24/h2-4,7,10-11,13,15,18,23H,5-6,8-9,12,14H2,1H3. The lowest BCUT2D eigenvalue weighted by Gasteiger charge is -2.51. The first kappa shape index (κ1) is 24.1. The Labute approximate surface area is 216 Å². The van der Waals surface area contributed by atoms with Gasteiger partial charge in [-0.2, -0.15) is 5.10 Å². The molecule has 0 bridgehead atoms. The first-order chi connectivity index (χ1) is 17.3. The molecule has 2 atom stereocenters. The summed E-state index contributed by atoms with van der Waals surface area (Å²) < 4.78 is 53.5. The summed E-state index contributed by atoms with van der Waals surface area (Å²) in [6, 6.07) is 4.90. The van der Waals surface area contributed by atoms with Crippen LogP contribution in [0.4, 0.5) is 13.2 Å². The number of nitrogens with zero attached hydrogens (tertiary/aromatic N) is 5. The van der Waals surface area contributed by atoms with Gasteiger partial charge in [-0.25, -0.2) is 22.8 Å². The quantitative estimate of drug-likeness (QED) is 0.453. The minimum atomic E-state index is -2.90. The van der Waals surface area contributed by atoms with Gasteiger partial charge in [-0.1, -0.05) is 17.7 Å². The molecule has 3 aromatic rings. The molecule has 1 spiro atoms. The number of alkyl halides is 2. The monoisotopic (exact) mass is 535 g/mol. The molecule has 6 nitrogen and oxygen atoms in total. The maximum absolute atomic E-state index is 14.9. The van der Waals surface area contributed by atoms with Gasteiger partial charge in [0.25, 0.3) is 5.92 Å². The molecule has 3 aliphatic rings. The maximum Gasteiger partial charge on any atom is 0.278 e. The summed E-state index contributed by atoms with van der Waals surface area (Å²) >= 11 is 7.48. The second-order valence-corrected chi connectivity index (χ2v) is 11.5. The lowest BCUT2D eigenvalue weighted by atomic mass is 9.77. The zero-order valence-electron chi connectivity index (χ0n) is 19.6. The topological polar surface area (TPSA) is 48.1 Å². The van der Waals surface area contributed by atoms with E-state index in [1.807, 2.05) is 19.2 Å². The zero-order chi connectivity index (χ0) is 25.1. The first-order valence-corrected chi connectivity index (χ1v) is 13.1. The molecule has 0 amide bonds. The van der Waals surface area contributed by atoms with Gasteiger partial charge in [0.1, 0.15) is 12.3 Å². The van der Waals surface area contributed by atoms with Gasteiger partial charge >= 0.3 is 0 Å². The van der Waals surface area contributed by atoms with E-state index in [1.54, 1.807) is 34.0 Å². The van der Waals surface area contributed by atoms with Gasteiger partial charge in [0.05, 0.1) is 38.8 Å². The number of halogens is 4. The molecule has 2 saturated heterocycles. The molecule has 6 rings (SSSR count). The molecule has 0 radical (unpaired) electrons. The second-order valence-electron chi connectivity index (χ2n) is 9.69. The molecular formula is C25H25ClF3N5OS. The van der Waals surface area contributed by atoms with Crippen LogP contribution in [-0.4, -0.2) is 60.7 Å². The predicted octanol–water partition coefficient (Wildman–Crippen LogP) is 5.32. The third-order valence-electron chi connectivity index (χ3n) is 7.51. The Morgan fingerprint density at radius 2 is 2.06 bits per heavy atom. The number of ether oxygens (including phenoxy) is 1. The Kier molecular flexibility index (Phi) is 5.98. The minimum absolute atomic E-state index is 0.354. The Balaban J connectivity index is 1.19. The highest BCUT2D eigenvalue weighted by Gasteiger charge is 2.60. The van der Waals surface area contributed by atoms with Gasteiger partial charge in [-0.05, 0) is 38.0 Å². The number of allylic oxidation sites excluding steroid dienone is 1. The Hall–Kier alpha value is -2.27. The SMILES string of the molecule is Cc1nn(-c2c(F)cccc2-n2ccnc2)cc1CN1CCC2(CC1)OCC(F)(F)C1C=C(Cl)SC12. The minimum Gasteiger partial charge on any atom is -0.367 e. The number of imidazole rings is 1. The highest BCUT2D eigenvalue weighted by atomic mass is 35.5. The van der Waals surface area contributed by atoms with Crippen LogP contribution < -0.4 is 0 Å². The maximum atomic E-state index is 14.9. The third kappa shape index (κ3) is 4.08. The third-order valence-corrected chi connectivity index (χ3v) is 9.24. The van der Waals surface area contributed by atoms with Crippen molar-refractivity contribution in [1.29, 1.82) is 0 Å². The van der Waals surface area contributed by atoms with Crippen molar-refractivity contribution in [2.24, 2.45) is 5.92 Å². The van der Waals surface area contributed by atoms with Gasteiger partial charge in [0.15, 0.2) is 5.82 Å². The Bertz CT molecular complexity index is 1300. The van der Waals surface area contributed by atoms with Crippen LogP contribution in [0.1, 0.15) is 24.1 Å². The molecule has 2 aromatic heterocycles. The lowest BCUT2D eigenvalue weighted by Crippen LogP contribution is -2.61. The summed E-state index contributed by atoms with van der Waals surface area (Å²) in [5.74, 6) is -4.16. The van der Waals surface area contributed by atoms with Crippen LogP contribution in [-0.2, 0) is 11.3 Å². The van der Waals surface area contributed by atoms with Crippen molar-refractivity contribution in [3.8, 4) is 11.4 Å². The number of rotatable bonds is 4. The van der Waals surface area contributed by atoms with Crippen LogP contribution in [0, 0.1) is 18.7 Å². The van der Waals surface area contributed by atoms with Crippen LogP contribution in [0.15, 0.2) is 53.6 Å². The van der Waals surface area contributed by atoms with Crippen LogP contribution >= 0.6 is 23.4 Å². The Morgan fingerprint density at radius 1 is 1.25 bits per heavy atom. The van der Waals surface area contributed by atoms with Crippen molar-refractivity contribution in [2.45, 2.75) is 43.1 Å². The van der Waals surface area contributed by atoms with Gasteiger partial charge in [-0.15, -0.1) is 11.8 Å². The van der Waals surface area contributed by atoms with E-state index in [0.29, 0.717) is 48.2 Å². The van der Waals surface area contributed by atoms with E-state index < -0.39 is 24.0 Å². The van der Waals surface area contributed by atoms with Gasteiger partial charge in [-0.3, -0.25) is 4.90 Å². The summed E-state index contributed by atoms with van der Waals surface area (Å²) in [4.78, 5) is 6.35. The number of hydrogen-bond donors (Lipinski definition) is 0. The number of likely N-dealkylation sites (tertiary alicyclic amines) is 1. The van der Waals surface area contributed by atoms with Crippen molar-refractivity contribution < 1.29 is 17.9 Å².